The first-order valence-corrected chi connectivity index (χ1v) is 11.2. The predicted molar refractivity (Wildman–Crippen MR) is 114 cm³/mol. The highest BCUT2D eigenvalue weighted by molar-refractivity contribution is 7.87. The van der Waals surface area contributed by atoms with E-state index >= 15 is 0 Å². The van der Waals surface area contributed by atoms with Crippen molar-refractivity contribution in [2.75, 3.05) is 0 Å². The maximum Gasteiger partial charge on any atom is 0.311 e. The van der Waals surface area contributed by atoms with Crippen molar-refractivity contribution in [2.45, 2.75) is 31.1 Å². The number of rotatable bonds is 1. The van der Waals surface area contributed by atoms with Crippen LogP contribution in [0, 0.1) is 0 Å². The number of ketones is 2. The zero-order valence-corrected chi connectivity index (χ0v) is 16.9. The lowest BCUT2D eigenvalue weighted by molar-refractivity contribution is -0.138. The molecular formula is C23H20O6S. The smallest absolute Gasteiger partial charge is 0.311 e. The van der Waals surface area contributed by atoms with E-state index in [4.69, 9.17) is 4.55 Å². The van der Waals surface area contributed by atoms with Crippen LogP contribution in [0.2, 0.25) is 0 Å². The van der Waals surface area contributed by atoms with Crippen LogP contribution in [0.15, 0.2) is 60.9 Å². The molecule has 1 unspecified atom stereocenters. The summed E-state index contributed by atoms with van der Waals surface area (Å²) in [6.45, 7) is 0. The van der Waals surface area contributed by atoms with Gasteiger partial charge in [0.1, 0.15) is 0 Å². The molecule has 0 bridgehead atoms. The van der Waals surface area contributed by atoms with Gasteiger partial charge in [-0.25, -0.2) is 0 Å². The van der Waals surface area contributed by atoms with Crippen molar-refractivity contribution in [1.82, 2.24) is 0 Å². The van der Waals surface area contributed by atoms with Gasteiger partial charge in [0.2, 0.25) is 5.78 Å². The third-order valence-corrected chi connectivity index (χ3v) is 6.27. The van der Waals surface area contributed by atoms with Crippen LogP contribution in [0.3, 0.4) is 0 Å². The van der Waals surface area contributed by atoms with Crippen molar-refractivity contribution in [2.24, 2.45) is 0 Å². The fourth-order valence-electron chi connectivity index (χ4n) is 3.98. The van der Waals surface area contributed by atoms with E-state index in [-0.39, 0.29) is 0 Å². The highest BCUT2D eigenvalue weighted by atomic mass is 32.2. The monoisotopic (exact) mass is 424 g/mol. The van der Waals surface area contributed by atoms with Gasteiger partial charge < -0.3 is 4.74 Å². The molecular weight excluding hydrogens is 404 g/mol. The topological polar surface area (TPSA) is 97.7 Å². The van der Waals surface area contributed by atoms with E-state index in [1.807, 2.05) is 0 Å². The largest absolute Gasteiger partial charge is 0.471 e. The summed E-state index contributed by atoms with van der Waals surface area (Å²) in [4.78, 5) is 21.3. The van der Waals surface area contributed by atoms with Crippen LogP contribution in [-0.2, 0) is 37.3 Å². The molecule has 0 radical (unpaired) electrons. The number of Topliss-reactive ketones (excluding diaryl/α,β-unsaturated/α-hetero) is 1. The third kappa shape index (κ3) is 3.86. The molecule has 154 valence electrons. The molecule has 0 aromatic heterocycles. The quantitative estimate of drug-likeness (QED) is 0.363. The molecule has 0 saturated carbocycles. The molecule has 30 heavy (non-hydrogen) atoms. The van der Waals surface area contributed by atoms with E-state index in [9.17, 15) is 18.0 Å². The Morgan fingerprint density at radius 1 is 0.867 bits per heavy atom. The molecule has 5 rings (SSSR count). The fraction of sp³-hybridized carbons (Fsp3) is 0.217. The van der Waals surface area contributed by atoms with Gasteiger partial charge in [-0.15, -0.1) is 0 Å². The number of fused-ring (bicyclic) bond motifs is 5. The Bertz CT molecular complexity index is 1290. The summed E-state index contributed by atoms with van der Waals surface area (Å²) in [6.07, 6.45) is 6.75. The molecule has 2 aliphatic rings. The second kappa shape index (κ2) is 8.01. The lowest BCUT2D eigenvalue weighted by atomic mass is 9.86. The lowest BCUT2D eigenvalue weighted by Crippen LogP contribution is -2.38. The maximum atomic E-state index is 10.7. The van der Waals surface area contributed by atoms with Gasteiger partial charge in [0.15, 0.2) is 0 Å². The summed E-state index contributed by atoms with van der Waals surface area (Å²) in [6, 6.07) is 18.0. The molecule has 3 aromatic carbocycles. The maximum absolute atomic E-state index is 10.7. The summed E-state index contributed by atoms with van der Waals surface area (Å²) in [5.41, 5.74) is 1.07. The van der Waals surface area contributed by atoms with Crippen LogP contribution < -0.4 is 0 Å². The second-order valence-corrected chi connectivity index (χ2v) is 8.76. The molecule has 1 atom stereocenters. The first kappa shape index (κ1) is 20.3. The minimum Gasteiger partial charge on any atom is -0.471 e. The van der Waals surface area contributed by atoms with Gasteiger partial charge in [-0.2, -0.15) is 8.42 Å². The van der Waals surface area contributed by atoms with E-state index in [0.717, 1.165) is 12.3 Å². The normalized spacial score (nSPS) is 18.5. The Hall–Kier alpha value is -3.03. The van der Waals surface area contributed by atoms with Crippen molar-refractivity contribution in [1.29, 1.82) is 0 Å². The Labute approximate surface area is 173 Å². The van der Waals surface area contributed by atoms with E-state index < -0.39 is 27.1 Å². The van der Waals surface area contributed by atoms with Gasteiger partial charge in [-0.3, -0.25) is 14.1 Å². The van der Waals surface area contributed by atoms with E-state index in [0.29, 0.717) is 0 Å². The Kier molecular flexibility index (Phi) is 5.40. The molecule has 1 N–H and O–H groups in total. The molecule has 1 aliphatic heterocycles. The van der Waals surface area contributed by atoms with Crippen LogP contribution in [0.1, 0.15) is 24.0 Å². The van der Waals surface area contributed by atoms with Crippen LogP contribution in [0.5, 0.6) is 0 Å². The van der Waals surface area contributed by atoms with Crippen LogP contribution in [0.4, 0.5) is 0 Å². The van der Waals surface area contributed by atoms with Gasteiger partial charge in [0, 0.05) is 6.08 Å². The van der Waals surface area contributed by atoms with Crippen molar-refractivity contribution < 1.29 is 27.3 Å². The molecule has 0 amide bonds. The Morgan fingerprint density at radius 2 is 1.60 bits per heavy atom. The Balaban J connectivity index is 0.000000159. The SMILES string of the molecule is O=C1C=COC(S(=O)(=O)O)C1=O.c1ccc2c(c1)ccc1c3c(ccc12)CCCC3. The van der Waals surface area contributed by atoms with E-state index in [1.165, 1.54) is 47.2 Å². The van der Waals surface area contributed by atoms with Crippen molar-refractivity contribution in [3.05, 3.63) is 72.0 Å². The molecule has 1 aliphatic carbocycles. The first-order chi connectivity index (χ1) is 14.4. The molecule has 0 fully saturated rings. The summed E-state index contributed by atoms with van der Waals surface area (Å²) < 4.78 is 33.3. The highest BCUT2D eigenvalue weighted by Crippen LogP contribution is 2.33. The standard InChI is InChI=1S/C18H16.C5H4O6S/c1-3-7-15-13(5-1)9-11-18-16-8-4-2-6-14(16)10-12-17(15)18;6-3-1-2-11-5(4(3)7)12(8,9)10/h1,3,5,7,9-12H,2,4,6,8H2;1-2,5H,(H,8,9,10). The minimum atomic E-state index is -4.65. The van der Waals surface area contributed by atoms with Gasteiger partial charge >= 0.3 is 10.1 Å². The van der Waals surface area contributed by atoms with E-state index in [1.54, 1.807) is 11.1 Å². The molecule has 0 spiro atoms. The summed E-state index contributed by atoms with van der Waals surface area (Å²) in [5.74, 6) is -2.30. The zero-order valence-electron chi connectivity index (χ0n) is 16.1. The first-order valence-electron chi connectivity index (χ1n) is 9.65. The highest BCUT2D eigenvalue weighted by Gasteiger charge is 2.37. The molecule has 0 saturated heterocycles. The van der Waals surface area contributed by atoms with Crippen LogP contribution in [-0.4, -0.2) is 30.0 Å². The number of aryl methyl sites for hydroxylation is 2. The summed E-state index contributed by atoms with van der Waals surface area (Å²) in [5, 5.41) is 5.64. The van der Waals surface area contributed by atoms with Crippen LogP contribution >= 0.6 is 0 Å². The number of carbonyl (C=O) groups is 2. The number of hydrogen-bond acceptors (Lipinski definition) is 5. The fourth-order valence-corrected chi connectivity index (χ4v) is 4.57. The van der Waals surface area contributed by atoms with Gasteiger partial charge in [0.05, 0.1) is 6.26 Å². The van der Waals surface area contributed by atoms with E-state index in [2.05, 4.69) is 53.3 Å². The Morgan fingerprint density at radius 3 is 2.37 bits per heavy atom. The van der Waals surface area contributed by atoms with Crippen molar-refractivity contribution in [3.8, 4) is 0 Å². The summed E-state index contributed by atoms with van der Waals surface area (Å²) >= 11 is 0. The number of hydrogen-bond donors (Lipinski definition) is 1. The molecule has 7 heteroatoms. The molecule has 1 heterocycles. The second-order valence-electron chi connectivity index (χ2n) is 7.31. The number of carbonyl (C=O) groups excluding carboxylic acids is 2. The minimum absolute atomic E-state index is 0.752. The third-order valence-electron chi connectivity index (χ3n) is 5.41. The van der Waals surface area contributed by atoms with Crippen LogP contribution in [0.25, 0.3) is 21.5 Å². The van der Waals surface area contributed by atoms with Crippen molar-refractivity contribution in [3.63, 3.8) is 0 Å². The summed E-state index contributed by atoms with van der Waals surface area (Å²) in [7, 11) is -4.65. The van der Waals surface area contributed by atoms with Gasteiger partial charge in [-0.05, 0) is 58.4 Å². The van der Waals surface area contributed by atoms with Crippen molar-refractivity contribution >= 4 is 43.2 Å². The molecule has 6 nitrogen and oxygen atoms in total. The zero-order chi connectivity index (χ0) is 21.3. The van der Waals surface area contributed by atoms with Gasteiger partial charge in [-0.1, -0.05) is 48.5 Å². The lowest BCUT2D eigenvalue weighted by Gasteiger charge is -2.18. The number of ether oxygens (including phenoxy) is 1. The molecule has 3 aromatic rings. The number of benzene rings is 3. The number of allylic oxidation sites excluding steroid dienone is 1. The average molecular weight is 424 g/mol. The predicted octanol–water partition coefficient (Wildman–Crippen LogP) is 3.75. The average Bonchev–Trinajstić information content (AvgIpc) is 2.75. The van der Waals surface area contributed by atoms with Gasteiger partial charge in [0.25, 0.3) is 11.2 Å².